The Balaban J connectivity index is 1.27. The highest BCUT2D eigenvalue weighted by molar-refractivity contribution is 7.13. The van der Waals surface area contributed by atoms with Gasteiger partial charge >= 0.3 is 0 Å². The van der Waals surface area contributed by atoms with Crippen LogP contribution in [0.4, 0.5) is 0 Å². The lowest BCUT2D eigenvalue weighted by Crippen LogP contribution is -2.52. The largest absolute Gasteiger partial charge is 0.378 e. The predicted octanol–water partition coefficient (Wildman–Crippen LogP) is 2.98. The zero-order valence-electron chi connectivity index (χ0n) is 15.6. The highest BCUT2D eigenvalue weighted by Crippen LogP contribution is 2.27. The molecule has 0 atom stereocenters. The zero-order valence-corrected chi connectivity index (χ0v) is 16.4. The molecule has 0 amide bonds. The van der Waals surface area contributed by atoms with Crippen LogP contribution < -0.4 is 0 Å². The molecule has 7 heteroatoms. The van der Waals surface area contributed by atoms with E-state index in [9.17, 15) is 4.79 Å². The van der Waals surface area contributed by atoms with Crippen LogP contribution >= 0.6 is 11.3 Å². The summed E-state index contributed by atoms with van der Waals surface area (Å²) in [5, 5.41) is 1.02. The molecule has 6 nitrogen and oxygen atoms in total. The molecule has 0 aromatic carbocycles. The second-order valence-electron chi connectivity index (χ2n) is 7.60. The number of aromatic nitrogens is 3. The Labute approximate surface area is 167 Å². The van der Waals surface area contributed by atoms with Crippen LogP contribution in [0.3, 0.4) is 0 Å². The van der Waals surface area contributed by atoms with E-state index in [0.29, 0.717) is 18.2 Å². The Morgan fingerprint density at radius 1 is 1.14 bits per heavy atom. The van der Waals surface area contributed by atoms with Gasteiger partial charge < -0.3 is 4.74 Å². The van der Waals surface area contributed by atoms with Crippen LogP contribution in [0.2, 0.25) is 0 Å². The highest BCUT2D eigenvalue weighted by Gasteiger charge is 2.31. The lowest BCUT2D eigenvalue weighted by molar-refractivity contribution is -0.125. The van der Waals surface area contributed by atoms with Gasteiger partial charge in [0.1, 0.15) is 5.78 Å². The van der Waals surface area contributed by atoms with E-state index >= 15 is 0 Å². The van der Waals surface area contributed by atoms with Gasteiger partial charge in [0.2, 0.25) is 0 Å². The van der Waals surface area contributed by atoms with Crippen molar-refractivity contribution in [3.05, 3.63) is 41.9 Å². The summed E-state index contributed by atoms with van der Waals surface area (Å²) in [4.78, 5) is 29.5. The number of rotatable bonds is 5. The van der Waals surface area contributed by atoms with Crippen LogP contribution in [0.1, 0.15) is 18.5 Å². The molecular formula is C21H22N4O2S. The topological polar surface area (TPSA) is 68.2 Å². The Hall–Kier alpha value is -2.22. The predicted molar refractivity (Wildman–Crippen MR) is 108 cm³/mol. The fourth-order valence-corrected chi connectivity index (χ4v) is 4.61. The van der Waals surface area contributed by atoms with E-state index in [1.807, 2.05) is 24.0 Å². The van der Waals surface area contributed by atoms with Crippen LogP contribution in [0.15, 0.2) is 36.2 Å². The van der Waals surface area contributed by atoms with Crippen molar-refractivity contribution >= 4 is 28.0 Å². The number of ether oxygens (including phenoxy) is 1. The number of pyridine rings is 2. The lowest BCUT2D eigenvalue weighted by Gasteiger charge is -2.41. The molecule has 0 saturated carbocycles. The van der Waals surface area contributed by atoms with E-state index in [1.165, 1.54) is 0 Å². The number of nitrogens with zero attached hydrogens (tertiary/aromatic N) is 4. The number of likely N-dealkylation sites (tertiary alicyclic amines) is 1. The summed E-state index contributed by atoms with van der Waals surface area (Å²) < 4.78 is 5.28. The van der Waals surface area contributed by atoms with Crippen molar-refractivity contribution in [1.29, 1.82) is 0 Å². The van der Waals surface area contributed by atoms with Crippen molar-refractivity contribution in [3.8, 4) is 10.4 Å². The maximum atomic E-state index is 12.8. The Kier molecular flexibility index (Phi) is 4.88. The molecule has 2 saturated heterocycles. The number of Topliss-reactive ketones (excluding diaryl/α,β-unsaturated/α-hetero) is 1. The Morgan fingerprint density at radius 2 is 2.00 bits per heavy atom. The number of thiazole rings is 1. The number of ketones is 1. The molecule has 0 spiro atoms. The van der Waals surface area contributed by atoms with Gasteiger partial charge in [0.05, 0.1) is 41.4 Å². The first-order valence-electron chi connectivity index (χ1n) is 9.74. The first kappa shape index (κ1) is 17.8. The average Bonchev–Trinajstić information content (AvgIpc) is 3.21. The van der Waals surface area contributed by atoms with Crippen LogP contribution in [0, 0.1) is 5.92 Å². The third-order valence-electron chi connectivity index (χ3n) is 5.82. The molecule has 2 fully saturated rings. The molecule has 3 aromatic heterocycles. The quantitative estimate of drug-likeness (QED) is 0.663. The first-order valence-corrected chi connectivity index (χ1v) is 10.6. The normalized spacial score (nSPS) is 19.0. The molecule has 2 aliphatic heterocycles. The number of carbonyl (C=O) groups excluding carboxylic acids is 1. The molecule has 144 valence electrons. The molecule has 0 bridgehead atoms. The average molecular weight is 395 g/mol. The Bertz CT molecular complexity index is 979. The standard InChI is InChI=1S/C21H22N4O2S/c26-20(14-1-3-25(4-2-14)18-11-27-12-18)7-17-6-15-5-16(21-10-22-13-28-21)8-24-19(15)9-23-17/h5-6,8-10,13-14,18H,1-4,7,11-12H2. The van der Waals surface area contributed by atoms with Crippen molar-refractivity contribution in [2.24, 2.45) is 5.92 Å². The van der Waals surface area contributed by atoms with E-state index in [0.717, 1.165) is 66.2 Å². The fourth-order valence-electron chi connectivity index (χ4n) is 4.01. The summed E-state index contributed by atoms with van der Waals surface area (Å²) in [6.07, 6.45) is 7.76. The summed E-state index contributed by atoms with van der Waals surface area (Å²) in [7, 11) is 0. The summed E-state index contributed by atoms with van der Waals surface area (Å²) in [5.74, 6) is 0.458. The van der Waals surface area contributed by atoms with Crippen LogP contribution in [-0.2, 0) is 16.0 Å². The highest BCUT2D eigenvalue weighted by atomic mass is 32.1. The van der Waals surface area contributed by atoms with Crippen molar-refractivity contribution in [2.75, 3.05) is 26.3 Å². The van der Waals surface area contributed by atoms with Gasteiger partial charge in [-0.05, 0) is 38.1 Å². The van der Waals surface area contributed by atoms with E-state index in [1.54, 1.807) is 17.5 Å². The van der Waals surface area contributed by atoms with Crippen LogP contribution in [0.25, 0.3) is 21.3 Å². The van der Waals surface area contributed by atoms with Gasteiger partial charge in [-0.25, -0.2) is 0 Å². The summed E-state index contributed by atoms with van der Waals surface area (Å²) in [6, 6.07) is 4.68. The zero-order chi connectivity index (χ0) is 18.9. The van der Waals surface area contributed by atoms with Gasteiger partial charge in [0.15, 0.2) is 0 Å². The molecular weight excluding hydrogens is 372 g/mol. The summed E-state index contributed by atoms with van der Waals surface area (Å²) in [6.45, 7) is 3.68. The van der Waals surface area contributed by atoms with Gasteiger partial charge in [0, 0.05) is 41.4 Å². The molecule has 2 aliphatic rings. The smallest absolute Gasteiger partial charge is 0.142 e. The number of hydrogen-bond acceptors (Lipinski definition) is 7. The number of fused-ring (bicyclic) bond motifs is 1. The third kappa shape index (κ3) is 3.57. The Morgan fingerprint density at radius 3 is 2.71 bits per heavy atom. The summed E-state index contributed by atoms with van der Waals surface area (Å²) >= 11 is 1.59. The maximum absolute atomic E-state index is 12.8. The molecule has 5 rings (SSSR count). The van der Waals surface area contributed by atoms with Gasteiger partial charge in [-0.2, -0.15) is 0 Å². The monoisotopic (exact) mass is 394 g/mol. The van der Waals surface area contributed by atoms with Crippen LogP contribution in [0.5, 0.6) is 0 Å². The molecule has 0 radical (unpaired) electrons. The minimum absolute atomic E-state index is 0.149. The SMILES string of the molecule is O=C(Cc1cc2cc(-c3cncs3)cnc2cn1)C1CCN(C2COC2)CC1. The number of piperidine rings is 1. The molecule has 5 heterocycles. The first-order chi connectivity index (χ1) is 13.8. The minimum atomic E-state index is 0.149. The van der Waals surface area contributed by atoms with Gasteiger partial charge in [0.25, 0.3) is 0 Å². The van der Waals surface area contributed by atoms with Crippen molar-refractivity contribution in [2.45, 2.75) is 25.3 Å². The molecule has 28 heavy (non-hydrogen) atoms. The van der Waals surface area contributed by atoms with Gasteiger partial charge in [-0.15, -0.1) is 11.3 Å². The minimum Gasteiger partial charge on any atom is -0.378 e. The van der Waals surface area contributed by atoms with E-state index in [2.05, 4.69) is 25.9 Å². The number of hydrogen-bond donors (Lipinski definition) is 0. The van der Waals surface area contributed by atoms with E-state index in [4.69, 9.17) is 4.74 Å². The van der Waals surface area contributed by atoms with Crippen molar-refractivity contribution in [1.82, 2.24) is 19.9 Å². The molecule has 3 aromatic rings. The van der Waals surface area contributed by atoms with Gasteiger partial charge in [-0.1, -0.05) is 0 Å². The fraction of sp³-hybridized carbons (Fsp3) is 0.429. The maximum Gasteiger partial charge on any atom is 0.142 e. The number of carbonyl (C=O) groups is 1. The molecule has 0 aliphatic carbocycles. The third-order valence-corrected chi connectivity index (χ3v) is 6.64. The van der Waals surface area contributed by atoms with Crippen molar-refractivity contribution < 1.29 is 9.53 Å². The van der Waals surface area contributed by atoms with E-state index in [-0.39, 0.29) is 5.92 Å². The second-order valence-corrected chi connectivity index (χ2v) is 8.49. The lowest BCUT2D eigenvalue weighted by atomic mass is 9.89. The van der Waals surface area contributed by atoms with E-state index < -0.39 is 0 Å². The van der Waals surface area contributed by atoms with Crippen molar-refractivity contribution in [3.63, 3.8) is 0 Å². The van der Waals surface area contributed by atoms with Gasteiger partial charge in [-0.3, -0.25) is 24.6 Å². The summed E-state index contributed by atoms with van der Waals surface area (Å²) in [5.41, 5.74) is 4.54. The second kappa shape index (κ2) is 7.66. The molecule has 0 N–H and O–H groups in total. The van der Waals surface area contributed by atoms with Crippen LogP contribution in [-0.4, -0.2) is 58.0 Å². The molecule has 0 unspecified atom stereocenters.